The van der Waals surface area contributed by atoms with Crippen LogP contribution in [0.3, 0.4) is 0 Å². The van der Waals surface area contributed by atoms with Crippen LogP contribution in [0.5, 0.6) is 28.7 Å². The second-order valence-corrected chi connectivity index (χ2v) is 7.96. The number of fused-ring (bicyclic) bond motifs is 1. The zero-order chi connectivity index (χ0) is 24.4. The molecular formula is C24H22ClNO8. The molecule has 0 spiro atoms. The molecule has 9 nitrogen and oxygen atoms in total. The molecule has 4 rings (SSSR count). The number of ether oxygens (including phenoxy) is 4. The minimum Gasteiger partial charge on any atom is -0.507 e. The van der Waals surface area contributed by atoms with Crippen LogP contribution in [-0.2, 0) is 4.79 Å². The van der Waals surface area contributed by atoms with Crippen LogP contribution in [-0.4, -0.2) is 32.0 Å². The lowest BCUT2D eigenvalue weighted by molar-refractivity contribution is -0.116. The van der Waals surface area contributed by atoms with Crippen molar-refractivity contribution in [3.8, 4) is 28.7 Å². The molecule has 0 saturated heterocycles. The van der Waals surface area contributed by atoms with Crippen molar-refractivity contribution in [2.75, 3.05) is 26.3 Å². The van der Waals surface area contributed by atoms with Gasteiger partial charge in [-0.05, 0) is 37.3 Å². The number of hydrogen-bond acceptors (Lipinski definition) is 8. The van der Waals surface area contributed by atoms with E-state index in [0.29, 0.717) is 27.8 Å². The quantitative estimate of drug-likeness (QED) is 0.509. The first-order valence-corrected chi connectivity index (χ1v) is 10.6. The molecule has 10 heteroatoms. The molecular weight excluding hydrogens is 466 g/mol. The molecule has 0 aliphatic carbocycles. The van der Waals surface area contributed by atoms with E-state index in [1.165, 1.54) is 27.2 Å². The van der Waals surface area contributed by atoms with Crippen LogP contribution in [0.25, 0.3) is 0 Å². The highest BCUT2D eigenvalue weighted by Crippen LogP contribution is 2.52. The fraction of sp³-hybridized carbons (Fsp3) is 0.250. The summed E-state index contributed by atoms with van der Waals surface area (Å²) in [6, 6.07) is 9.48. The van der Waals surface area contributed by atoms with Gasteiger partial charge in [0.05, 0.1) is 19.8 Å². The van der Waals surface area contributed by atoms with Gasteiger partial charge >= 0.3 is 5.63 Å². The average molecular weight is 488 g/mol. The van der Waals surface area contributed by atoms with Gasteiger partial charge in [-0.25, -0.2) is 4.79 Å². The number of rotatable bonds is 7. The summed E-state index contributed by atoms with van der Waals surface area (Å²) < 4.78 is 27.3. The predicted octanol–water partition coefficient (Wildman–Crippen LogP) is 4.21. The maximum atomic E-state index is 13.0. The molecule has 0 fully saturated rings. The second-order valence-electron chi connectivity index (χ2n) is 7.52. The molecule has 1 atom stereocenters. The second kappa shape index (κ2) is 9.56. The van der Waals surface area contributed by atoms with Crippen molar-refractivity contribution >= 4 is 23.2 Å². The lowest BCUT2D eigenvalue weighted by atomic mass is 9.87. The van der Waals surface area contributed by atoms with Crippen LogP contribution in [0.4, 0.5) is 5.69 Å². The molecule has 0 unspecified atom stereocenters. The summed E-state index contributed by atoms with van der Waals surface area (Å²) in [6.07, 6.45) is -0.233. The smallest absolute Gasteiger partial charge is 0.343 e. The standard InChI is InChI=1S/C24H22ClNO8/c1-12-8-17(27)20(24(29)34-12)15(10-19(28)26-14-6-4-13(25)5-7-14)16-9-18(30-2)22-23(21(16)31-3)33-11-32-22/h4-9,15,27H,10-11H2,1-3H3,(H,26,28)/t15-/m0/s1. The van der Waals surface area contributed by atoms with Gasteiger partial charge in [0.25, 0.3) is 0 Å². The predicted molar refractivity (Wildman–Crippen MR) is 124 cm³/mol. The van der Waals surface area contributed by atoms with Gasteiger partial charge in [-0.3, -0.25) is 4.79 Å². The number of amides is 1. The van der Waals surface area contributed by atoms with Crippen LogP contribution in [0.1, 0.15) is 29.2 Å². The van der Waals surface area contributed by atoms with E-state index in [0.717, 1.165) is 0 Å². The Morgan fingerprint density at radius 2 is 1.85 bits per heavy atom. The minimum atomic E-state index is -0.970. The number of carbonyl (C=O) groups excluding carboxylic acids is 1. The van der Waals surface area contributed by atoms with E-state index in [9.17, 15) is 14.7 Å². The molecule has 1 amide bonds. The van der Waals surface area contributed by atoms with Gasteiger partial charge in [0.15, 0.2) is 11.5 Å². The molecule has 2 heterocycles. The summed E-state index contributed by atoms with van der Waals surface area (Å²) in [7, 11) is 2.88. The highest BCUT2D eigenvalue weighted by molar-refractivity contribution is 6.30. The van der Waals surface area contributed by atoms with Crippen molar-refractivity contribution in [2.24, 2.45) is 0 Å². The molecule has 2 N–H and O–H groups in total. The first kappa shape index (κ1) is 23.3. The highest BCUT2D eigenvalue weighted by atomic mass is 35.5. The summed E-state index contributed by atoms with van der Waals surface area (Å²) in [4.78, 5) is 25.9. The van der Waals surface area contributed by atoms with E-state index >= 15 is 0 Å². The summed E-state index contributed by atoms with van der Waals surface area (Å²) in [5.74, 6) is -0.293. The Kier molecular flexibility index (Phi) is 6.56. The molecule has 2 aromatic carbocycles. The molecule has 0 bridgehead atoms. The zero-order valence-corrected chi connectivity index (χ0v) is 19.4. The highest BCUT2D eigenvalue weighted by Gasteiger charge is 2.34. The lowest BCUT2D eigenvalue weighted by Crippen LogP contribution is -2.21. The third-order valence-corrected chi connectivity index (χ3v) is 5.60. The van der Waals surface area contributed by atoms with Crippen LogP contribution >= 0.6 is 11.6 Å². The van der Waals surface area contributed by atoms with E-state index in [1.54, 1.807) is 30.3 Å². The fourth-order valence-electron chi connectivity index (χ4n) is 3.88. The number of benzene rings is 2. The lowest BCUT2D eigenvalue weighted by Gasteiger charge is -2.22. The van der Waals surface area contributed by atoms with E-state index in [-0.39, 0.29) is 41.8 Å². The first-order chi connectivity index (χ1) is 16.3. The number of aromatic hydroxyl groups is 1. The van der Waals surface area contributed by atoms with E-state index in [2.05, 4.69) is 5.32 Å². The summed E-state index contributed by atoms with van der Waals surface area (Å²) >= 11 is 5.92. The topological polar surface area (TPSA) is 116 Å². The summed E-state index contributed by atoms with van der Waals surface area (Å²) in [6.45, 7) is 1.49. The van der Waals surface area contributed by atoms with E-state index in [1.807, 2.05) is 0 Å². The molecule has 1 aromatic heterocycles. The van der Waals surface area contributed by atoms with Gasteiger partial charge in [0.1, 0.15) is 11.5 Å². The maximum Gasteiger partial charge on any atom is 0.343 e. The SMILES string of the molecule is COc1cc([C@H](CC(=O)Nc2ccc(Cl)cc2)c2c(O)cc(C)oc2=O)c(OC)c2c1OCO2. The largest absolute Gasteiger partial charge is 0.507 e. The normalized spacial score (nSPS) is 12.8. The van der Waals surface area contributed by atoms with Crippen molar-refractivity contribution in [1.29, 1.82) is 0 Å². The van der Waals surface area contributed by atoms with Gasteiger partial charge in [-0.1, -0.05) is 11.6 Å². The molecule has 34 heavy (non-hydrogen) atoms. The Bertz CT molecular complexity index is 1290. The Labute approximate surface area is 199 Å². The molecule has 178 valence electrons. The molecule has 1 aliphatic heterocycles. The first-order valence-electron chi connectivity index (χ1n) is 10.3. The van der Waals surface area contributed by atoms with Crippen LogP contribution < -0.4 is 29.9 Å². The summed E-state index contributed by atoms with van der Waals surface area (Å²) in [5.41, 5.74) is 0.0152. The van der Waals surface area contributed by atoms with E-state index in [4.69, 9.17) is 35.0 Å². The molecule has 0 saturated carbocycles. The van der Waals surface area contributed by atoms with Gasteiger partial charge < -0.3 is 33.8 Å². The number of anilines is 1. The van der Waals surface area contributed by atoms with Gasteiger partial charge in [-0.15, -0.1) is 0 Å². The Hall–Kier alpha value is -3.85. The van der Waals surface area contributed by atoms with Crippen molar-refractivity contribution in [1.82, 2.24) is 0 Å². The van der Waals surface area contributed by atoms with Gasteiger partial charge in [-0.2, -0.15) is 0 Å². The average Bonchev–Trinajstić information content (AvgIpc) is 3.28. The van der Waals surface area contributed by atoms with Crippen LogP contribution in [0, 0.1) is 6.92 Å². The number of nitrogens with one attached hydrogen (secondary N) is 1. The monoisotopic (exact) mass is 487 g/mol. The van der Waals surface area contributed by atoms with Crippen molar-refractivity contribution in [3.63, 3.8) is 0 Å². The van der Waals surface area contributed by atoms with E-state index < -0.39 is 17.5 Å². The number of aryl methyl sites for hydroxylation is 1. The maximum absolute atomic E-state index is 13.0. The molecule has 1 aliphatic rings. The van der Waals surface area contributed by atoms with Crippen LogP contribution in [0.15, 0.2) is 45.6 Å². The fourth-order valence-corrected chi connectivity index (χ4v) is 4.00. The Morgan fingerprint density at radius 1 is 1.15 bits per heavy atom. The zero-order valence-electron chi connectivity index (χ0n) is 18.6. The van der Waals surface area contributed by atoms with Crippen molar-refractivity contribution < 1.29 is 33.3 Å². The van der Waals surface area contributed by atoms with Gasteiger partial charge in [0, 0.05) is 34.7 Å². The Balaban J connectivity index is 1.83. The van der Waals surface area contributed by atoms with Crippen molar-refractivity contribution in [2.45, 2.75) is 19.3 Å². The van der Waals surface area contributed by atoms with Crippen molar-refractivity contribution in [3.05, 3.63) is 68.7 Å². The number of carbonyl (C=O) groups is 1. The number of halogens is 1. The van der Waals surface area contributed by atoms with Gasteiger partial charge in [0.2, 0.25) is 24.2 Å². The van der Waals surface area contributed by atoms with Crippen LogP contribution in [0.2, 0.25) is 5.02 Å². The number of hydrogen-bond donors (Lipinski definition) is 2. The molecule has 0 radical (unpaired) electrons. The third-order valence-electron chi connectivity index (χ3n) is 5.35. The minimum absolute atomic E-state index is 0.0504. The molecule has 3 aromatic rings. The Morgan fingerprint density at radius 3 is 2.50 bits per heavy atom. The number of methoxy groups -OCH3 is 2. The summed E-state index contributed by atoms with van der Waals surface area (Å²) in [5, 5.41) is 14.0. The third kappa shape index (κ3) is 4.47.